The molecule has 1 aliphatic heterocycles. The third-order valence-corrected chi connectivity index (χ3v) is 4.28. The van der Waals surface area contributed by atoms with Crippen LogP contribution in [0, 0.1) is 0 Å². The van der Waals surface area contributed by atoms with Crippen molar-refractivity contribution in [2.45, 2.75) is 32.2 Å². The highest BCUT2D eigenvalue weighted by Crippen LogP contribution is 2.15. The van der Waals surface area contributed by atoms with E-state index < -0.39 is 0 Å². The second-order valence-electron chi connectivity index (χ2n) is 6.01. The lowest BCUT2D eigenvalue weighted by Crippen LogP contribution is -2.43. The highest BCUT2D eigenvalue weighted by molar-refractivity contribution is 5.89. The number of anilines is 1. The molecule has 8 nitrogen and oxygen atoms in total. The van der Waals surface area contributed by atoms with Crippen molar-refractivity contribution >= 4 is 11.7 Å². The number of hydrogen-bond donors (Lipinski definition) is 2. The molecule has 0 aliphatic carbocycles. The zero-order valence-electron chi connectivity index (χ0n) is 13.9. The summed E-state index contributed by atoms with van der Waals surface area (Å²) in [4.78, 5) is 22.5. The number of pyridine rings is 1. The van der Waals surface area contributed by atoms with E-state index in [9.17, 15) is 4.79 Å². The number of amides is 2. The molecule has 0 bridgehead atoms. The minimum Gasteiger partial charge on any atom is -0.337 e. The van der Waals surface area contributed by atoms with Gasteiger partial charge in [0.25, 0.3) is 0 Å². The molecule has 8 heteroatoms. The molecule has 1 fully saturated rings. The fourth-order valence-electron chi connectivity index (χ4n) is 2.90. The van der Waals surface area contributed by atoms with Gasteiger partial charge in [0.1, 0.15) is 12.7 Å². The van der Waals surface area contributed by atoms with Crippen LogP contribution in [0.25, 0.3) is 5.82 Å². The zero-order chi connectivity index (χ0) is 16.8. The van der Waals surface area contributed by atoms with Crippen molar-refractivity contribution in [3.8, 4) is 5.82 Å². The Labute approximate surface area is 141 Å². The molecule has 0 aromatic carbocycles. The van der Waals surface area contributed by atoms with Crippen LogP contribution < -0.4 is 10.6 Å². The summed E-state index contributed by atoms with van der Waals surface area (Å²) in [5.41, 5.74) is 0.641. The highest BCUT2D eigenvalue weighted by Gasteiger charge is 2.17. The van der Waals surface area contributed by atoms with Crippen LogP contribution in [0.15, 0.2) is 31.0 Å². The SMILES string of the molecule is C[C@H]1CCCCN1CCNC(=O)Nc1ccc(-n2cncn2)nc1. The number of aromatic nitrogens is 4. The first-order valence-electron chi connectivity index (χ1n) is 8.32. The van der Waals surface area contributed by atoms with Crippen LogP contribution in [0.4, 0.5) is 10.5 Å². The number of carbonyl (C=O) groups excluding carboxylic acids is 1. The van der Waals surface area contributed by atoms with E-state index in [2.05, 4.69) is 37.5 Å². The Balaban J connectivity index is 1.43. The molecule has 128 valence electrons. The van der Waals surface area contributed by atoms with Crippen LogP contribution in [-0.2, 0) is 0 Å². The molecule has 1 atom stereocenters. The van der Waals surface area contributed by atoms with Crippen LogP contribution in [0.2, 0.25) is 0 Å². The van der Waals surface area contributed by atoms with Crippen molar-refractivity contribution in [3.63, 3.8) is 0 Å². The van der Waals surface area contributed by atoms with Gasteiger partial charge < -0.3 is 10.6 Å². The molecule has 24 heavy (non-hydrogen) atoms. The van der Waals surface area contributed by atoms with E-state index in [0.717, 1.165) is 13.1 Å². The highest BCUT2D eigenvalue weighted by atomic mass is 16.2. The minimum atomic E-state index is -0.213. The Hall–Kier alpha value is -2.48. The van der Waals surface area contributed by atoms with Gasteiger partial charge in [-0.15, -0.1) is 0 Å². The first-order valence-corrected chi connectivity index (χ1v) is 8.32. The van der Waals surface area contributed by atoms with Crippen LogP contribution >= 0.6 is 0 Å². The van der Waals surface area contributed by atoms with Crippen molar-refractivity contribution in [3.05, 3.63) is 31.0 Å². The smallest absolute Gasteiger partial charge is 0.319 e. The molecule has 2 N–H and O–H groups in total. The number of urea groups is 1. The number of rotatable bonds is 5. The lowest BCUT2D eigenvalue weighted by Gasteiger charge is -2.33. The molecule has 0 saturated carbocycles. The summed E-state index contributed by atoms with van der Waals surface area (Å²) in [7, 11) is 0. The first kappa shape index (κ1) is 16.4. The number of carbonyl (C=O) groups is 1. The van der Waals surface area contributed by atoms with E-state index in [-0.39, 0.29) is 6.03 Å². The summed E-state index contributed by atoms with van der Waals surface area (Å²) in [5.74, 6) is 0.651. The quantitative estimate of drug-likeness (QED) is 0.871. The molecule has 1 saturated heterocycles. The van der Waals surface area contributed by atoms with E-state index in [1.165, 1.54) is 25.6 Å². The van der Waals surface area contributed by atoms with Gasteiger partial charge in [-0.3, -0.25) is 4.90 Å². The summed E-state index contributed by atoms with van der Waals surface area (Å²) >= 11 is 0. The summed E-state index contributed by atoms with van der Waals surface area (Å²) in [6, 6.07) is 3.96. The van der Waals surface area contributed by atoms with Crippen molar-refractivity contribution in [1.82, 2.24) is 30.0 Å². The largest absolute Gasteiger partial charge is 0.337 e. The van der Waals surface area contributed by atoms with Crippen LogP contribution in [0.3, 0.4) is 0 Å². The van der Waals surface area contributed by atoms with E-state index >= 15 is 0 Å². The van der Waals surface area contributed by atoms with Crippen LogP contribution in [0.5, 0.6) is 0 Å². The summed E-state index contributed by atoms with van der Waals surface area (Å²) in [6.07, 6.45) is 8.43. The maximum atomic E-state index is 12.0. The number of nitrogens with zero attached hydrogens (tertiary/aromatic N) is 5. The molecule has 3 heterocycles. The normalized spacial score (nSPS) is 18.3. The molecule has 0 radical (unpaired) electrons. The Morgan fingerprint density at radius 1 is 1.38 bits per heavy atom. The van der Waals surface area contributed by atoms with Crippen molar-refractivity contribution in [2.75, 3.05) is 25.0 Å². The van der Waals surface area contributed by atoms with Gasteiger partial charge in [0.05, 0.1) is 11.9 Å². The van der Waals surface area contributed by atoms with Gasteiger partial charge in [0.15, 0.2) is 5.82 Å². The number of hydrogen-bond acceptors (Lipinski definition) is 5. The van der Waals surface area contributed by atoms with Crippen molar-refractivity contribution < 1.29 is 4.79 Å². The molecule has 1 aliphatic rings. The van der Waals surface area contributed by atoms with Gasteiger partial charge >= 0.3 is 6.03 Å². The molecular formula is C16H23N7O. The topological polar surface area (TPSA) is 88.0 Å². The molecule has 3 rings (SSSR count). The van der Waals surface area contributed by atoms with Gasteiger partial charge in [0.2, 0.25) is 0 Å². The Bertz CT molecular complexity index is 641. The molecule has 2 aromatic heterocycles. The molecule has 0 unspecified atom stereocenters. The van der Waals surface area contributed by atoms with E-state index in [1.807, 2.05) is 0 Å². The molecule has 2 aromatic rings. The van der Waals surface area contributed by atoms with Gasteiger partial charge in [-0.1, -0.05) is 6.42 Å². The summed E-state index contributed by atoms with van der Waals surface area (Å²) < 4.78 is 1.56. The van der Waals surface area contributed by atoms with Gasteiger partial charge in [-0.2, -0.15) is 5.10 Å². The van der Waals surface area contributed by atoms with E-state index in [0.29, 0.717) is 24.1 Å². The van der Waals surface area contributed by atoms with Gasteiger partial charge in [0, 0.05) is 19.1 Å². The minimum absolute atomic E-state index is 0.213. The zero-order valence-corrected chi connectivity index (χ0v) is 13.9. The van der Waals surface area contributed by atoms with Crippen molar-refractivity contribution in [2.24, 2.45) is 0 Å². The average molecular weight is 329 g/mol. The van der Waals surface area contributed by atoms with Crippen LogP contribution in [-0.4, -0.2) is 56.4 Å². The van der Waals surface area contributed by atoms with Crippen LogP contribution in [0.1, 0.15) is 26.2 Å². The predicted octanol–water partition coefficient (Wildman–Crippen LogP) is 1.66. The average Bonchev–Trinajstić information content (AvgIpc) is 3.12. The number of nitrogens with one attached hydrogen (secondary N) is 2. The lowest BCUT2D eigenvalue weighted by atomic mass is 10.0. The first-order chi connectivity index (χ1) is 11.7. The molecular weight excluding hydrogens is 306 g/mol. The maximum absolute atomic E-state index is 12.0. The second-order valence-corrected chi connectivity index (χ2v) is 6.01. The number of likely N-dealkylation sites (tertiary alicyclic amines) is 1. The standard InChI is InChI=1S/C16H23N7O/c1-13-4-2-3-8-22(13)9-7-18-16(24)21-14-5-6-15(19-10-14)23-12-17-11-20-23/h5-6,10-13H,2-4,7-9H2,1H3,(H2,18,21,24)/t13-/m0/s1. The Kier molecular flexibility index (Phi) is 5.37. The maximum Gasteiger partial charge on any atom is 0.319 e. The summed E-state index contributed by atoms with van der Waals surface area (Å²) in [6.45, 7) is 4.90. The van der Waals surface area contributed by atoms with E-state index in [1.54, 1.807) is 29.3 Å². The number of piperidine rings is 1. The van der Waals surface area contributed by atoms with Gasteiger partial charge in [-0.05, 0) is 38.4 Å². The third kappa shape index (κ3) is 4.29. The second kappa shape index (κ2) is 7.87. The fourth-order valence-corrected chi connectivity index (χ4v) is 2.90. The fraction of sp³-hybridized carbons (Fsp3) is 0.500. The predicted molar refractivity (Wildman–Crippen MR) is 91.1 cm³/mol. The van der Waals surface area contributed by atoms with Crippen molar-refractivity contribution in [1.29, 1.82) is 0 Å². The Morgan fingerprint density at radius 2 is 2.29 bits per heavy atom. The third-order valence-electron chi connectivity index (χ3n) is 4.28. The molecule has 2 amide bonds. The van der Waals surface area contributed by atoms with E-state index in [4.69, 9.17) is 0 Å². The Morgan fingerprint density at radius 3 is 3.00 bits per heavy atom. The van der Waals surface area contributed by atoms with Gasteiger partial charge in [-0.25, -0.2) is 19.4 Å². The monoisotopic (exact) mass is 329 g/mol. The lowest BCUT2D eigenvalue weighted by molar-refractivity contribution is 0.162. The molecule has 0 spiro atoms. The summed E-state index contributed by atoms with van der Waals surface area (Å²) in [5, 5.41) is 9.69.